The molecule has 2 aromatic carbocycles. The van der Waals surface area contributed by atoms with Gasteiger partial charge in [0.2, 0.25) is 0 Å². The number of pyridine rings is 1. The van der Waals surface area contributed by atoms with Gasteiger partial charge in [-0.2, -0.15) is 0 Å². The minimum absolute atomic E-state index is 0.380. The molecule has 0 atom stereocenters. The highest BCUT2D eigenvalue weighted by atomic mass is 35.5. The normalized spacial score (nSPS) is 10.7. The Morgan fingerprint density at radius 3 is 2.85 bits per heavy atom. The van der Waals surface area contributed by atoms with Crippen molar-refractivity contribution in [2.45, 2.75) is 6.61 Å². The molecule has 0 saturated carbocycles. The van der Waals surface area contributed by atoms with Gasteiger partial charge in [-0.3, -0.25) is 4.98 Å². The van der Waals surface area contributed by atoms with E-state index in [-0.39, 0.29) is 0 Å². The van der Waals surface area contributed by atoms with E-state index < -0.39 is 0 Å². The van der Waals surface area contributed by atoms with E-state index in [2.05, 4.69) is 4.98 Å². The molecule has 1 aromatic heterocycles. The van der Waals surface area contributed by atoms with Crippen LogP contribution < -0.4 is 10.5 Å². The lowest BCUT2D eigenvalue weighted by Gasteiger charge is -2.11. The van der Waals surface area contributed by atoms with E-state index in [0.717, 1.165) is 22.1 Å². The first-order chi connectivity index (χ1) is 9.75. The third-order valence-electron chi connectivity index (χ3n) is 3.13. The largest absolute Gasteiger partial charge is 0.488 e. The van der Waals surface area contributed by atoms with Gasteiger partial charge >= 0.3 is 0 Å². The van der Waals surface area contributed by atoms with Gasteiger partial charge in [0, 0.05) is 28.7 Å². The Labute approximate surface area is 122 Å². The van der Waals surface area contributed by atoms with Crippen LogP contribution in [0.15, 0.2) is 54.9 Å². The van der Waals surface area contributed by atoms with Crippen molar-refractivity contribution in [2.75, 3.05) is 5.73 Å². The van der Waals surface area contributed by atoms with Gasteiger partial charge in [-0.05, 0) is 18.2 Å². The molecule has 0 bridgehead atoms. The quantitative estimate of drug-likeness (QED) is 0.738. The first-order valence-electron chi connectivity index (χ1n) is 6.24. The molecular weight excluding hydrogens is 272 g/mol. The molecule has 3 nitrogen and oxygen atoms in total. The lowest BCUT2D eigenvalue weighted by Crippen LogP contribution is -1.99. The predicted octanol–water partition coefficient (Wildman–Crippen LogP) is 4.05. The van der Waals surface area contributed by atoms with E-state index in [1.54, 1.807) is 12.3 Å². The van der Waals surface area contributed by atoms with Crippen LogP contribution in [0.25, 0.3) is 10.8 Å². The lowest BCUT2D eigenvalue weighted by molar-refractivity contribution is 0.310. The Morgan fingerprint density at radius 1 is 1.10 bits per heavy atom. The number of anilines is 1. The summed E-state index contributed by atoms with van der Waals surface area (Å²) in [5, 5.41) is 2.63. The number of fused-ring (bicyclic) bond motifs is 1. The molecule has 100 valence electrons. The minimum atomic E-state index is 0.380. The Bertz CT molecular complexity index is 753. The molecule has 0 spiro atoms. The molecule has 0 aliphatic rings. The van der Waals surface area contributed by atoms with Gasteiger partial charge in [0.15, 0.2) is 0 Å². The topological polar surface area (TPSA) is 48.1 Å². The van der Waals surface area contributed by atoms with Gasteiger partial charge < -0.3 is 10.5 Å². The minimum Gasteiger partial charge on any atom is -0.488 e. The van der Waals surface area contributed by atoms with Gasteiger partial charge in [0.25, 0.3) is 0 Å². The number of aromatic nitrogens is 1. The number of halogens is 1. The second-order valence-electron chi connectivity index (χ2n) is 4.46. The number of ether oxygens (including phenoxy) is 1. The van der Waals surface area contributed by atoms with E-state index in [1.807, 2.05) is 42.6 Å². The Balaban J connectivity index is 1.89. The summed E-state index contributed by atoms with van der Waals surface area (Å²) in [5.41, 5.74) is 7.22. The van der Waals surface area contributed by atoms with E-state index in [1.165, 1.54) is 0 Å². The van der Waals surface area contributed by atoms with Gasteiger partial charge in [0.1, 0.15) is 12.4 Å². The first kappa shape index (κ1) is 12.8. The third-order valence-corrected chi connectivity index (χ3v) is 3.59. The molecule has 0 unspecified atom stereocenters. The fourth-order valence-electron chi connectivity index (χ4n) is 2.09. The van der Waals surface area contributed by atoms with E-state index in [9.17, 15) is 0 Å². The highest BCUT2D eigenvalue weighted by Crippen LogP contribution is 2.28. The van der Waals surface area contributed by atoms with Crippen LogP contribution in [0.5, 0.6) is 5.75 Å². The zero-order valence-corrected chi connectivity index (χ0v) is 11.5. The Morgan fingerprint density at radius 2 is 1.95 bits per heavy atom. The number of hydrogen-bond donors (Lipinski definition) is 1. The van der Waals surface area contributed by atoms with E-state index in [0.29, 0.717) is 17.3 Å². The van der Waals surface area contributed by atoms with Crippen LogP contribution in [0.2, 0.25) is 5.02 Å². The fourth-order valence-corrected chi connectivity index (χ4v) is 2.27. The summed E-state index contributed by atoms with van der Waals surface area (Å²) in [6.07, 6.45) is 3.57. The third kappa shape index (κ3) is 2.40. The average Bonchev–Trinajstić information content (AvgIpc) is 2.49. The summed E-state index contributed by atoms with van der Waals surface area (Å²) in [7, 11) is 0. The Kier molecular flexibility index (Phi) is 3.44. The second kappa shape index (κ2) is 5.39. The number of nitrogen functional groups attached to an aromatic ring is 1. The molecule has 0 saturated heterocycles. The van der Waals surface area contributed by atoms with Crippen molar-refractivity contribution in [1.29, 1.82) is 0 Å². The molecule has 4 heteroatoms. The zero-order chi connectivity index (χ0) is 13.9. The summed E-state index contributed by atoms with van der Waals surface area (Å²) in [4.78, 5) is 4.10. The van der Waals surface area contributed by atoms with Crippen molar-refractivity contribution in [2.24, 2.45) is 0 Å². The summed E-state index contributed by atoms with van der Waals surface area (Å²) >= 11 is 6.16. The second-order valence-corrected chi connectivity index (χ2v) is 4.84. The molecule has 3 aromatic rings. The molecule has 0 radical (unpaired) electrons. The van der Waals surface area contributed by atoms with Crippen LogP contribution in [0.4, 0.5) is 5.69 Å². The molecule has 0 aliphatic carbocycles. The van der Waals surface area contributed by atoms with Crippen molar-refractivity contribution < 1.29 is 4.74 Å². The highest BCUT2D eigenvalue weighted by molar-refractivity contribution is 6.33. The van der Waals surface area contributed by atoms with Crippen LogP contribution in [-0.2, 0) is 6.61 Å². The molecule has 2 N–H and O–H groups in total. The number of benzene rings is 2. The molecule has 3 rings (SSSR count). The fraction of sp³-hybridized carbons (Fsp3) is 0.0625. The summed E-state index contributed by atoms with van der Waals surface area (Å²) in [5.74, 6) is 0.809. The molecule has 0 amide bonds. The maximum absolute atomic E-state index is 6.16. The molecule has 0 aliphatic heterocycles. The van der Waals surface area contributed by atoms with Crippen molar-refractivity contribution in [3.63, 3.8) is 0 Å². The molecule has 1 heterocycles. The van der Waals surface area contributed by atoms with E-state index >= 15 is 0 Å². The van der Waals surface area contributed by atoms with Crippen molar-refractivity contribution >= 4 is 28.1 Å². The van der Waals surface area contributed by atoms with Crippen LogP contribution in [-0.4, -0.2) is 4.98 Å². The number of nitrogens with zero attached hydrogens (tertiary/aromatic N) is 1. The van der Waals surface area contributed by atoms with Crippen LogP contribution in [0.1, 0.15) is 5.56 Å². The van der Waals surface area contributed by atoms with Gasteiger partial charge in [0.05, 0.1) is 10.7 Å². The first-order valence-corrected chi connectivity index (χ1v) is 6.62. The standard InChI is InChI=1S/C16H13ClN2O/c17-16-12(4-1-5-14(16)18)10-20-15-6-2-3-11-9-19-8-7-13(11)15/h1-9H,10,18H2. The SMILES string of the molecule is Nc1cccc(COc2cccc3cnccc23)c1Cl. The molecular formula is C16H13ClN2O. The van der Waals surface area contributed by atoms with Crippen molar-refractivity contribution in [3.8, 4) is 5.75 Å². The maximum Gasteiger partial charge on any atom is 0.127 e. The number of hydrogen-bond acceptors (Lipinski definition) is 3. The number of rotatable bonds is 3. The van der Waals surface area contributed by atoms with Crippen LogP contribution >= 0.6 is 11.6 Å². The Hall–Kier alpha value is -2.26. The summed E-state index contributed by atoms with van der Waals surface area (Å²) < 4.78 is 5.87. The van der Waals surface area contributed by atoms with Crippen LogP contribution in [0.3, 0.4) is 0 Å². The number of nitrogens with two attached hydrogens (primary N) is 1. The van der Waals surface area contributed by atoms with Gasteiger partial charge in [-0.25, -0.2) is 0 Å². The van der Waals surface area contributed by atoms with E-state index in [4.69, 9.17) is 22.1 Å². The maximum atomic E-state index is 6.16. The molecule has 20 heavy (non-hydrogen) atoms. The molecule has 0 fully saturated rings. The summed E-state index contributed by atoms with van der Waals surface area (Å²) in [6, 6.07) is 13.4. The average molecular weight is 285 g/mol. The summed E-state index contributed by atoms with van der Waals surface area (Å²) in [6.45, 7) is 0.380. The van der Waals surface area contributed by atoms with Crippen LogP contribution in [0, 0.1) is 0 Å². The van der Waals surface area contributed by atoms with Crippen molar-refractivity contribution in [1.82, 2.24) is 4.98 Å². The monoisotopic (exact) mass is 284 g/mol. The lowest BCUT2D eigenvalue weighted by atomic mass is 10.1. The van der Waals surface area contributed by atoms with Crippen molar-refractivity contribution in [3.05, 3.63) is 65.4 Å². The predicted molar refractivity (Wildman–Crippen MR) is 81.9 cm³/mol. The van der Waals surface area contributed by atoms with Gasteiger partial charge in [-0.1, -0.05) is 35.9 Å². The zero-order valence-electron chi connectivity index (χ0n) is 10.7. The van der Waals surface area contributed by atoms with Gasteiger partial charge in [-0.15, -0.1) is 0 Å². The smallest absolute Gasteiger partial charge is 0.127 e. The highest BCUT2D eigenvalue weighted by Gasteiger charge is 2.06.